The van der Waals surface area contributed by atoms with Gasteiger partial charge in [-0.15, -0.1) is 0 Å². The first-order chi connectivity index (χ1) is 9.61. The van der Waals surface area contributed by atoms with Gasteiger partial charge in [-0.25, -0.2) is 0 Å². The van der Waals surface area contributed by atoms with Crippen LogP contribution in [0.3, 0.4) is 0 Å². The van der Waals surface area contributed by atoms with Gasteiger partial charge in [0.1, 0.15) is 5.75 Å². The normalized spacial score (nSPS) is 18.6. The number of piperidine rings is 1. The summed E-state index contributed by atoms with van der Waals surface area (Å²) in [7, 11) is 3.44. The molecule has 20 heavy (non-hydrogen) atoms. The lowest BCUT2D eigenvalue weighted by Gasteiger charge is -2.27. The van der Waals surface area contributed by atoms with Gasteiger partial charge in [0.2, 0.25) is 5.91 Å². The van der Waals surface area contributed by atoms with Crippen molar-refractivity contribution >= 4 is 17.5 Å². The Morgan fingerprint density at radius 3 is 2.95 bits per heavy atom. The number of ether oxygens (including phenoxy) is 1. The van der Waals surface area contributed by atoms with Crippen LogP contribution >= 0.6 is 11.6 Å². The minimum atomic E-state index is -0.0565. The van der Waals surface area contributed by atoms with E-state index in [0.29, 0.717) is 11.6 Å². The highest BCUT2D eigenvalue weighted by atomic mass is 35.5. The van der Waals surface area contributed by atoms with Crippen molar-refractivity contribution in [2.45, 2.75) is 31.8 Å². The largest absolute Gasteiger partial charge is 0.496 e. The lowest BCUT2D eigenvalue weighted by Crippen LogP contribution is -2.47. The maximum absolute atomic E-state index is 12.4. The first kappa shape index (κ1) is 15.1. The summed E-state index contributed by atoms with van der Waals surface area (Å²) in [6, 6.07) is 5.40. The first-order valence-corrected chi connectivity index (χ1v) is 7.30. The van der Waals surface area contributed by atoms with Crippen molar-refractivity contribution in [2.75, 3.05) is 20.7 Å². The second-order valence-corrected chi connectivity index (χ2v) is 5.59. The third-order valence-corrected chi connectivity index (χ3v) is 3.87. The predicted molar refractivity (Wildman–Crippen MR) is 80.1 cm³/mol. The topological polar surface area (TPSA) is 41.6 Å². The summed E-state index contributed by atoms with van der Waals surface area (Å²) in [6.45, 7) is 1.42. The quantitative estimate of drug-likeness (QED) is 0.928. The summed E-state index contributed by atoms with van der Waals surface area (Å²) in [4.78, 5) is 14.1. The van der Waals surface area contributed by atoms with E-state index in [4.69, 9.17) is 16.3 Å². The van der Waals surface area contributed by atoms with Gasteiger partial charge >= 0.3 is 0 Å². The molecule has 1 aromatic rings. The minimum Gasteiger partial charge on any atom is -0.496 e. The Labute approximate surface area is 125 Å². The molecule has 5 heteroatoms. The van der Waals surface area contributed by atoms with E-state index in [2.05, 4.69) is 5.32 Å². The number of nitrogens with zero attached hydrogens (tertiary/aromatic N) is 1. The number of carbonyl (C=O) groups is 1. The molecule has 0 aromatic heterocycles. The minimum absolute atomic E-state index is 0.0565. The fraction of sp³-hybridized carbons (Fsp3) is 0.533. The third kappa shape index (κ3) is 3.64. The van der Waals surface area contributed by atoms with Crippen LogP contribution in [0.25, 0.3) is 0 Å². The molecule has 0 saturated carbocycles. The standard InChI is InChI=1S/C15H21ClN2O2/c1-18(15(19)13-5-3-4-8-17-13)10-11-9-12(16)6-7-14(11)20-2/h6-7,9,13,17H,3-5,8,10H2,1-2H3/t13-/m0/s1. The molecule has 1 amide bonds. The van der Waals surface area contributed by atoms with Crippen LogP contribution in [-0.4, -0.2) is 37.6 Å². The number of hydrogen-bond acceptors (Lipinski definition) is 3. The van der Waals surface area contributed by atoms with Gasteiger partial charge in [0.05, 0.1) is 13.2 Å². The summed E-state index contributed by atoms with van der Waals surface area (Å²) in [5.74, 6) is 0.886. The molecule has 1 aliphatic heterocycles. The Hall–Kier alpha value is -1.26. The van der Waals surface area contributed by atoms with Gasteiger partial charge < -0.3 is 15.0 Å². The summed E-state index contributed by atoms with van der Waals surface area (Å²) < 4.78 is 5.31. The fourth-order valence-corrected chi connectivity index (χ4v) is 2.73. The summed E-state index contributed by atoms with van der Waals surface area (Å²) >= 11 is 6.01. The Morgan fingerprint density at radius 2 is 2.30 bits per heavy atom. The van der Waals surface area contributed by atoms with Crippen molar-refractivity contribution in [1.29, 1.82) is 0 Å². The van der Waals surface area contributed by atoms with Crippen LogP contribution in [-0.2, 0) is 11.3 Å². The second-order valence-electron chi connectivity index (χ2n) is 5.15. The van der Waals surface area contributed by atoms with E-state index in [1.807, 2.05) is 19.2 Å². The molecule has 0 bridgehead atoms. The molecule has 1 saturated heterocycles. The molecule has 1 atom stereocenters. The zero-order valence-electron chi connectivity index (χ0n) is 12.0. The van der Waals surface area contributed by atoms with E-state index in [-0.39, 0.29) is 11.9 Å². The summed E-state index contributed by atoms with van der Waals surface area (Å²) in [6.07, 6.45) is 3.17. The van der Waals surface area contributed by atoms with Crippen LogP contribution in [0, 0.1) is 0 Å². The molecule has 1 heterocycles. The van der Waals surface area contributed by atoms with Crippen LogP contribution in [0.5, 0.6) is 5.75 Å². The van der Waals surface area contributed by atoms with Crippen molar-refractivity contribution in [3.8, 4) is 5.75 Å². The zero-order chi connectivity index (χ0) is 14.5. The van der Waals surface area contributed by atoms with Gasteiger partial charge in [0.15, 0.2) is 0 Å². The molecule has 0 radical (unpaired) electrons. The average molecular weight is 297 g/mol. The van der Waals surface area contributed by atoms with Gasteiger partial charge in [0.25, 0.3) is 0 Å². The van der Waals surface area contributed by atoms with Gasteiger partial charge in [-0.3, -0.25) is 4.79 Å². The zero-order valence-corrected chi connectivity index (χ0v) is 12.7. The molecule has 1 fully saturated rings. The molecule has 4 nitrogen and oxygen atoms in total. The fourth-order valence-electron chi connectivity index (χ4n) is 2.53. The predicted octanol–water partition coefficient (Wildman–Crippen LogP) is 2.45. The number of nitrogens with one attached hydrogen (secondary N) is 1. The van der Waals surface area contributed by atoms with Crippen LogP contribution in [0.4, 0.5) is 0 Å². The highest BCUT2D eigenvalue weighted by Gasteiger charge is 2.24. The first-order valence-electron chi connectivity index (χ1n) is 6.92. The molecule has 110 valence electrons. The molecular formula is C15H21ClN2O2. The Balaban J connectivity index is 2.04. The number of methoxy groups -OCH3 is 1. The van der Waals surface area contributed by atoms with Crippen molar-refractivity contribution in [2.24, 2.45) is 0 Å². The number of amides is 1. The Kier molecular flexibility index (Phi) is 5.26. The lowest BCUT2D eigenvalue weighted by atomic mass is 10.0. The number of carbonyl (C=O) groups excluding carboxylic acids is 1. The molecular weight excluding hydrogens is 276 g/mol. The maximum Gasteiger partial charge on any atom is 0.239 e. The van der Waals surface area contributed by atoms with Crippen molar-refractivity contribution in [3.05, 3.63) is 28.8 Å². The van der Waals surface area contributed by atoms with Gasteiger partial charge in [-0.1, -0.05) is 18.0 Å². The number of benzene rings is 1. The van der Waals surface area contributed by atoms with E-state index in [0.717, 1.165) is 37.1 Å². The van der Waals surface area contributed by atoms with Crippen molar-refractivity contribution < 1.29 is 9.53 Å². The van der Waals surface area contributed by atoms with Gasteiger partial charge in [-0.05, 0) is 37.6 Å². The highest BCUT2D eigenvalue weighted by Crippen LogP contribution is 2.24. The third-order valence-electron chi connectivity index (χ3n) is 3.63. The van der Waals surface area contributed by atoms with E-state index >= 15 is 0 Å². The number of halogens is 1. The second kappa shape index (κ2) is 6.95. The average Bonchev–Trinajstić information content (AvgIpc) is 2.47. The smallest absolute Gasteiger partial charge is 0.239 e. The van der Waals surface area contributed by atoms with Gasteiger partial charge in [-0.2, -0.15) is 0 Å². The van der Waals surface area contributed by atoms with Crippen LogP contribution in [0.15, 0.2) is 18.2 Å². The molecule has 2 rings (SSSR count). The Bertz CT molecular complexity index is 473. The number of rotatable bonds is 4. The van der Waals surface area contributed by atoms with Crippen molar-refractivity contribution in [3.63, 3.8) is 0 Å². The number of hydrogen-bond donors (Lipinski definition) is 1. The molecule has 1 N–H and O–H groups in total. The van der Waals surface area contributed by atoms with Crippen molar-refractivity contribution in [1.82, 2.24) is 10.2 Å². The van der Waals surface area contributed by atoms with E-state index in [1.54, 1.807) is 18.1 Å². The van der Waals surface area contributed by atoms with Crippen LogP contribution in [0.2, 0.25) is 5.02 Å². The summed E-state index contributed by atoms with van der Waals surface area (Å²) in [5.41, 5.74) is 0.923. The maximum atomic E-state index is 12.4. The van der Waals surface area contributed by atoms with Crippen LogP contribution < -0.4 is 10.1 Å². The molecule has 1 aromatic carbocycles. The van der Waals surface area contributed by atoms with E-state index in [1.165, 1.54) is 0 Å². The lowest BCUT2D eigenvalue weighted by molar-refractivity contribution is -0.133. The Morgan fingerprint density at radius 1 is 1.50 bits per heavy atom. The van der Waals surface area contributed by atoms with Gasteiger partial charge in [0, 0.05) is 24.2 Å². The number of likely N-dealkylation sites (N-methyl/N-ethyl adjacent to an activating group) is 1. The molecule has 1 aliphatic rings. The summed E-state index contributed by atoms with van der Waals surface area (Å²) in [5, 5.41) is 3.93. The molecule has 0 spiro atoms. The molecule has 0 aliphatic carbocycles. The SMILES string of the molecule is COc1ccc(Cl)cc1CN(C)C(=O)[C@@H]1CCCCN1. The molecule has 0 unspecified atom stereocenters. The van der Waals surface area contributed by atoms with E-state index < -0.39 is 0 Å². The monoisotopic (exact) mass is 296 g/mol. The highest BCUT2D eigenvalue weighted by molar-refractivity contribution is 6.30. The van der Waals surface area contributed by atoms with Crippen LogP contribution in [0.1, 0.15) is 24.8 Å². The van der Waals surface area contributed by atoms with E-state index in [9.17, 15) is 4.79 Å².